The highest BCUT2D eigenvalue weighted by Gasteiger charge is 2.54. The molecule has 1 saturated heterocycles. The number of fused-ring (bicyclic) bond motifs is 1. The minimum absolute atomic E-state index is 0.0139. The van der Waals surface area contributed by atoms with Crippen molar-refractivity contribution < 1.29 is 9.59 Å². The van der Waals surface area contributed by atoms with Crippen LogP contribution in [0.5, 0.6) is 0 Å². The first-order valence-electron chi connectivity index (χ1n) is 13.4. The molecular weight excluding hydrogens is 490 g/mol. The lowest BCUT2D eigenvalue weighted by Gasteiger charge is -2.50. The van der Waals surface area contributed by atoms with E-state index in [9.17, 15) is 9.59 Å². The van der Waals surface area contributed by atoms with Crippen LogP contribution in [0.4, 0.5) is 5.13 Å². The molecule has 2 heterocycles. The van der Waals surface area contributed by atoms with Crippen LogP contribution in [0.25, 0.3) is 11.3 Å². The fourth-order valence-electron chi connectivity index (χ4n) is 6.78. The number of thiazole rings is 1. The summed E-state index contributed by atoms with van der Waals surface area (Å²) in [6.45, 7) is 3.79. The summed E-state index contributed by atoms with van der Waals surface area (Å²) in [7, 11) is 0. The molecule has 4 aliphatic rings. The van der Waals surface area contributed by atoms with Crippen LogP contribution in [0.1, 0.15) is 70.6 Å². The predicted molar refractivity (Wildman–Crippen MR) is 151 cm³/mol. The number of carbonyl (C=O) groups is 2. The Balaban J connectivity index is 1.13. The van der Waals surface area contributed by atoms with Crippen molar-refractivity contribution in [2.45, 2.75) is 38.0 Å². The number of likely N-dealkylation sites (tertiary alicyclic amines) is 1. The lowest BCUT2D eigenvalue weighted by Crippen LogP contribution is -2.47. The van der Waals surface area contributed by atoms with E-state index >= 15 is 0 Å². The van der Waals surface area contributed by atoms with Crippen molar-refractivity contribution in [2.24, 2.45) is 5.41 Å². The second kappa shape index (κ2) is 8.91. The van der Waals surface area contributed by atoms with Crippen molar-refractivity contribution in [3.05, 3.63) is 106 Å². The molecule has 4 aromatic rings. The Kier molecular flexibility index (Phi) is 5.48. The van der Waals surface area contributed by atoms with Crippen molar-refractivity contribution in [3.8, 4) is 11.3 Å². The molecule has 1 fully saturated rings. The normalized spacial score (nSPS) is 23.1. The van der Waals surface area contributed by atoms with Crippen LogP contribution in [0.2, 0.25) is 0 Å². The van der Waals surface area contributed by atoms with E-state index in [0.29, 0.717) is 10.7 Å². The lowest BCUT2D eigenvalue weighted by atomic mass is 9.52. The molecule has 0 radical (unpaired) electrons. The number of nitrogens with one attached hydrogen (secondary N) is 1. The zero-order chi connectivity index (χ0) is 25.9. The summed E-state index contributed by atoms with van der Waals surface area (Å²) in [5.74, 6) is 0.347. The number of hydrogen-bond acceptors (Lipinski definition) is 4. The Morgan fingerprint density at radius 1 is 0.895 bits per heavy atom. The number of hydrogen-bond donors (Lipinski definition) is 1. The third-order valence-electron chi connectivity index (χ3n) is 8.69. The smallest absolute Gasteiger partial charge is 0.253 e. The first-order valence-corrected chi connectivity index (χ1v) is 14.3. The van der Waals surface area contributed by atoms with Gasteiger partial charge in [-0.25, -0.2) is 4.98 Å². The number of aromatic nitrogens is 1. The Hall–Kier alpha value is -3.77. The molecule has 8 rings (SSSR count). The highest BCUT2D eigenvalue weighted by Crippen LogP contribution is 2.61. The van der Waals surface area contributed by atoms with Crippen molar-refractivity contribution in [2.75, 3.05) is 18.4 Å². The molecule has 190 valence electrons. The third kappa shape index (κ3) is 3.62. The fraction of sp³-hybridized carbons (Fsp3) is 0.281. The molecule has 1 unspecified atom stereocenters. The maximum absolute atomic E-state index is 13.9. The molecule has 0 saturated carbocycles. The fourth-order valence-corrected chi connectivity index (χ4v) is 7.49. The number of benzene rings is 3. The zero-order valence-corrected chi connectivity index (χ0v) is 22.1. The van der Waals surface area contributed by atoms with Gasteiger partial charge in [-0.15, -0.1) is 11.3 Å². The molecular formula is C32H29N3O2S. The topological polar surface area (TPSA) is 62.3 Å². The van der Waals surface area contributed by atoms with E-state index < -0.39 is 5.41 Å². The SMILES string of the molecule is CC1(C(=O)Nc2nc(-c3ccc(C(=O)N4CCCC4)cc3)cs2)CC2c3ccccc3C1c1ccccc12. The highest BCUT2D eigenvalue weighted by atomic mass is 32.1. The molecule has 3 aliphatic carbocycles. The van der Waals surface area contributed by atoms with Crippen molar-refractivity contribution in [3.63, 3.8) is 0 Å². The van der Waals surface area contributed by atoms with Gasteiger partial charge in [0.1, 0.15) is 0 Å². The average molecular weight is 520 g/mol. The lowest BCUT2D eigenvalue weighted by molar-refractivity contribution is -0.126. The van der Waals surface area contributed by atoms with Crippen LogP contribution >= 0.6 is 11.3 Å². The molecule has 2 bridgehead atoms. The summed E-state index contributed by atoms with van der Waals surface area (Å²) < 4.78 is 0. The average Bonchev–Trinajstić information content (AvgIpc) is 3.66. The first-order chi connectivity index (χ1) is 18.5. The van der Waals surface area contributed by atoms with Gasteiger partial charge in [-0.2, -0.15) is 0 Å². The Morgan fingerprint density at radius 2 is 1.50 bits per heavy atom. The van der Waals surface area contributed by atoms with E-state index in [1.54, 1.807) is 0 Å². The maximum Gasteiger partial charge on any atom is 0.253 e. The van der Waals surface area contributed by atoms with Gasteiger partial charge in [-0.05, 0) is 60.6 Å². The van der Waals surface area contributed by atoms with Crippen molar-refractivity contribution in [1.29, 1.82) is 0 Å². The van der Waals surface area contributed by atoms with Gasteiger partial charge in [0, 0.05) is 41.4 Å². The van der Waals surface area contributed by atoms with Crippen LogP contribution in [0.3, 0.4) is 0 Å². The summed E-state index contributed by atoms with van der Waals surface area (Å²) in [4.78, 5) is 33.2. The number of anilines is 1. The summed E-state index contributed by atoms with van der Waals surface area (Å²) in [6, 6.07) is 24.8. The van der Waals surface area contributed by atoms with Gasteiger partial charge < -0.3 is 10.2 Å². The van der Waals surface area contributed by atoms with Crippen molar-refractivity contribution in [1.82, 2.24) is 9.88 Å². The quantitative estimate of drug-likeness (QED) is 0.327. The molecule has 1 aromatic heterocycles. The highest BCUT2D eigenvalue weighted by molar-refractivity contribution is 7.14. The molecule has 3 aromatic carbocycles. The number of nitrogens with zero attached hydrogens (tertiary/aromatic N) is 2. The molecule has 0 spiro atoms. The van der Waals surface area contributed by atoms with E-state index in [0.717, 1.165) is 43.6 Å². The number of carbonyl (C=O) groups excluding carboxylic acids is 2. The molecule has 6 heteroatoms. The van der Waals surface area contributed by atoms with E-state index in [1.807, 2.05) is 34.5 Å². The van der Waals surface area contributed by atoms with E-state index in [2.05, 4.69) is 60.8 Å². The number of rotatable bonds is 4. The second-order valence-electron chi connectivity index (χ2n) is 10.9. The molecule has 5 nitrogen and oxygen atoms in total. The van der Waals surface area contributed by atoms with E-state index in [4.69, 9.17) is 4.98 Å². The Bertz CT molecular complexity index is 1510. The minimum Gasteiger partial charge on any atom is -0.339 e. The Labute approximate surface area is 226 Å². The summed E-state index contributed by atoms with van der Waals surface area (Å²) in [6.07, 6.45) is 2.94. The molecule has 38 heavy (non-hydrogen) atoms. The van der Waals surface area contributed by atoms with E-state index in [-0.39, 0.29) is 23.7 Å². The van der Waals surface area contributed by atoms with Crippen LogP contribution in [0, 0.1) is 5.41 Å². The molecule has 1 N–H and O–H groups in total. The van der Waals surface area contributed by atoms with Crippen LogP contribution in [-0.2, 0) is 4.79 Å². The van der Waals surface area contributed by atoms with Crippen LogP contribution in [-0.4, -0.2) is 34.8 Å². The van der Waals surface area contributed by atoms with Gasteiger partial charge in [-0.1, -0.05) is 60.7 Å². The van der Waals surface area contributed by atoms with Crippen molar-refractivity contribution >= 4 is 28.3 Å². The third-order valence-corrected chi connectivity index (χ3v) is 9.45. The summed E-state index contributed by atoms with van der Waals surface area (Å²) in [5, 5.41) is 5.73. The maximum atomic E-state index is 13.9. The monoisotopic (exact) mass is 519 g/mol. The standard InChI is InChI=1S/C32H29N3O2S/c1-32(18-26-22-8-2-4-10-24(22)28(32)25-11-5-3-9-23(25)26)30(37)34-31-33-27(19-38-31)20-12-14-21(15-13-20)29(36)35-16-6-7-17-35/h2-5,8-15,19,26,28H,6-7,16-18H2,1H3,(H,33,34,37). The second-order valence-corrected chi connectivity index (χ2v) is 11.8. The largest absolute Gasteiger partial charge is 0.339 e. The van der Waals surface area contributed by atoms with Crippen LogP contribution in [0.15, 0.2) is 78.2 Å². The first kappa shape index (κ1) is 23.4. The van der Waals surface area contributed by atoms with Crippen LogP contribution < -0.4 is 5.32 Å². The van der Waals surface area contributed by atoms with Gasteiger partial charge in [-0.3, -0.25) is 9.59 Å². The predicted octanol–water partition coefficient (Wildman–Crippen LogP) is 6.67. The van der Waals surface area contributed by atoms with Gasteiger partial charge in [0.15, 0.2) is 5.13 Å². The minimum atomic E-state index is -0.573. The Morgan fingerprint density at radius 3 is 2.13 bits per heavy atom. The van der Waals surface area contributed by atoms with Gasteiger partial charge in [0.25, 0.3) is 5.91 Å². The van der Waals surface area contributed by atoms with Gasteiger partial charge in [0.2, 0.25) is 5.91 Å². The molecule has 2 amide bonds. The van der Waals surface area contributed by atoms with E-state index in [1.165, 1.54) is 33.6 Å². The number of amides is 2. The summed E-state index contributed by atoms with van der Waals surface area (Å²) in [5.41, 5.74) is 7.11. The van der Waals surface area contributed by atoms with Gasteiger partial charge in [0.05, 0.1) is 11.1 Å². The summed E-state index contributed by atoms with van der Waals surface area (Å²) >= 11 is 1.44. The van der Waals surface area contributed by atoms with Gasteiger partial charge >= 0.3 is 0 Å². The zero-order valence-electron chi connectivity index (χ0n) is 21.3. The molecule has 1 aliphatic heterocycles. The molecule has 1 atom stereocenters.